The molecule has 1 aromatic heterocycles. The normalized spacial score (nSPS) is 21.9. The van der Waals surface area contributed by atoms with Gasteiger partial charge in [-0.1, -0.05) is 18.2 Å². The van der Waals surface area contributed by atoms with Gasteiger partial charge in [-0.15, -0.1) is 0 Å². The summed E-state index contributed by atoms with van der Waals surface area (Å²) in [4.78, 5) is 21.9. The Balaban J connectivity index is 1.66. The molecule has 1 aliphatic carbocycles. The van der Waals surface area contributed by atoms with Gasteiger partial charge >= 0.3 is 0 Å². The molecule has 28 heavy (non-hydrogen) atoms. The van der Waals surface area contributed by atoms with E-state index >= 15 is 0 Å². The van der Waals surface area contributed by atoms with Gasteiger partial charge in [0.15, 0.2) is 0 Å². The monoisotopic (exact) mass is 379 g/mol. The second kappa shape index (κ2) is 8.31. The van der Waals surface area contributed by atoms with Crippen molar-refractivity contribution in [2.75, 3.05) is 27.2 Å². The third-order valence-corrected chi connectivity index (χ3v) is 6.26. The lowest BCUT2D eigenvalue weighted by Crippen LogP contribution is -2.48. The van der Waals surface area contributed by atoms with Gasteiger partial charge in [0, 0.05) is 25.5 Å². The number of likely N-dealkylation sites (tertiary alicyclic amines) is 1. The van der Waals surface area contributed by atoms with Gasteiger partial charge in [-0.25, -0.2) is 0 Å². The first-order chi connectivity index (χ1) is 13.7. The van der Waals surface area contributed by atoms with Gasteiger partial charge in [-0.3, -0.25) is 14.7 Å². The Kier molecular flexibility index (Phi) is 5.62. The maximum Gasteiger partial charge on any atom is 0.227 e. The molecule has 1 amide bonds. The summed E-state index contributed by atoms with van der Waals surface area (Å²) in [7, 11) is 3.69. The average Bonchev–Trinajstić information content (AvgIpc) is 3.27. The number of amides is 1. The summed E-state index contributed by atoms with van der Waals surface area (Å²) >= 11 is 0. The van der Waals surface area contributed by atoms with E-state index in [4.69, 9.17) is 4.74 Å². The van der Waals surface area contributed by atoms with Crippen molar-refractivity contribution in [3.63, 3.8) is 0 Å². The highest BCUT2D eigenvalue weighted by Gasteiger charge is 2.39. The van der Waals surface area contributed by atoms with Crippen LogP contribution in [0.4, 0.5) is 0 Å². The molecule has 1 saturated heterocycles. The number of hydrogen-bond acceptors (Lipinski definition) is 4. The number of rotatable bonds is 5. The fourth-order valence-corrected chi connectivity index (χ4v) is 4.86. The van der Waals surface area contributed by atoms with Crippen LogP contribution in [-0.2, 0) is 17.6 Å². The lowest BCUT2D eigenvalue weighted by molar-refractivity contribution is -0.133. The highest BCUT2D eigenvalue weighted by molar-refractivity contribution is 5.79. The van der Waals surface area contributed by atoms with Crippen molar-refractivity contribution < 1.29 is 9.53 Å². The molecule has 0 spiro atoms. The van der Waals surface area contributed by atoms with Crippen molar-refractivity contribution in [2.24, 2.45) is 0 Å². The number of ether oxygens (including phenoxy) is 1. The molecule has 0 bridgehead atoms. The van der Waals surface area contributed by atoms with Crippen LogP contribution in [-0.4, -0.2) is 54.0 Å². The molecule has 4 rings (SSSR count). The molecule has 5 nitrogen and oxygen atoms in total. The first kappa shape index (κ1) is 18.9. The van der Waals surface area contributed by atoms with E-state index in [1.54, 1.807) is 19.5 Å². The zero-order valence-electron chi connectivity index (χ0n) is 16.8. The Labute approximate surface area is 167 Å². The van der Waals surface area contributed by atoms with Crippen molar-refractivity contribution in [3.05, 3.63) is 59.4 Å². The summed E-state index contributed by atoms with van der Waals surface area (Å²) < 4.78 is 5.63. The molecule has 0 radical (unpaired) electrons. The van der Waals surface area contributed by atoms with E-state index in [2.05, 4.69) is 22.0 Å². The molecule has 0 unspecified atom stereocenters. The molecular formula is C23H29N3O2. The lowest BCUT2D eigenvalue weighted by Gasteiger charge is -2.44. The van der Waals surface area contributed by atoms with Crippen molar-refractivity contribution in [2.45, 2.75) is 44.2 Å². The summed E-state index contributed by atoms with van der Waals surface area (Å²) in [6.45, 7) is 2.26. The summed E-state index contributed by atoms with van der Waals surface area (Å²) in [5.74, 6) is 1.08. The van der Waals surface area contributed by atoms with Crippen molar-refractivity contribution in [1.29, 1.82) is 0 Å². The van der Waals surface area contributed by atoms with E-state index in [1.807, 2.05) is 30.1 Å². The number of pyridine rings is 1. The van der Waals surface area contributed by atoms with Crippen molar-refractivity contribution >= 4 is 5.91 Å². The number of benzene rings is 1. The molecule has 1 aliphatic heterocycles. The van der Waals surface area contributed by atoms with E-state index in [0.29, 0.717) is 12.5 Å². The fourth-order valence-electron chi connectivity index (χ4n) is 4.86. The molecule has 2 heterocycles. The van der Waals surface area contributed by atoms with Crippen LogP contribution >= 0.6 is 0 Å². The number of carbonyl (C=O) groups is 1. The third-order valence-electron chi connectivity index (χ3n) is 6.26. The number of fused-ring (bicyclic) bond motifs is 1. The zero-order valence-corrected chi connectivity index (χ0v) is 16.8. The maximum atomic E-state index is 13.2. The predicted octanol–water partition coefficient (Wildman–Crippen LogP) is 3.24. The van der Waals surface area contributed by atoms with Crippen LogP contribution in [0.25, 0.3) is 0 Å². The third kappa shape index (κ3) is 3.63. The van der Waals surface area contributed by atoms with Gasteiger partial charge in [0.2, 0.25) is 5.91 Å². The maximum absolute atomic E-state index is 13.2. The van der Waals surface area contributed by atoms with E-state index in [-0.39, 0.29) is 11.9 Å². The quantitative estimate of drug-likeness (QED) is 0.800. The van der Waals surface area contributed by atoms with Crippen LogP contribution in [0, 0.1) is 0 Å². The number of aromatic nitrogens is 1. The Morgan fingerprint density at radius 2 is 2.07 bits per heavy atom. The molecule has 2 atom stereocenters. The molecular weight excluding hydrogens is 350 g/mol. The van der Waals surface area contributed by atoms with Crippen LogP contribution in [0.2, 0.25) is 0 Å². The van der Waals surface area contributed by atoms with E-state index < -0.39 is 0 Å². The molecule has 2 aromatic rings. The topological polar surface area (TPSA) is 45.7 Å². The Bertz CT molecular complexity index is 818. The van der Waals surface area contributed by atoms with E-state index in [1.165, 1.54) is 24.0 Å². The predicted molar refractivity (Wildman–Crippen MR) is 109 cm³/mol. The number of likely N-dealkylation sites (N-methyl/N-ethyl adjacent to an activating group) is 1. The van der Waals surface area contributed by atoms with Crippen LogP contribution < -0.4 is 4.74 Å². The van der Waals surface area contributed by atoms with Gasteiger partial charge in [0.1, 0.15) is 5.75 Å². The molecule has 1 fully saturated rings. The van der Waals surface area contributed by atoms with Crippen LogP contribution in [0.3, 0.4) is 0 Å². The Morgan fingerprint density at radius 1 is 1.25 bits per heavy atom. The Morgan fingerprint density at radius 3 is 2.79 bits per heavy atom. The highest BCUT2D eigenvalue weighted by atomic mass is 16.5. The summed E-state index contributed by atoms with van der Waals surface area (Å²) in [5, 5.41) is 0. The second-order valence-corrected chi connectivity index (χ2v) is 7.86. The first-order valence-corrected chi connectivity index (χ1v) is 10.2. The fraction of sp³-hybridized carbons (Fsp3) is 0.478. The number of nitrogens with zero attached hydrogens (tertiary/aromatic N) is 3. The van der Waals surface area contributed by atoms with Crippen molar-refractivity contribution in [3.8, 4) is 5.75 Å². The van der Waals surface area contributed by atoms with E-state index in [0.717, 1.165) is 37.2 Å². The molecule has 1 aromatic carbocycles. The molecule has 148 valence electrons. The largest absolute Gasteiger partial charge is 0.496 e. The number of methoxy groups -OCH3 is 1. The van der Waals surface area contributed by atoms with Gasteiger partial charge in [-0.05, 0) is 67.6 Å². The summed E-state index contributed by atoms with van der Waals surface area (Å²) in [5.41, 5.74) is 3.45. The molecule has 2 aliphatic rings. The minimum absolute atomic E-state index is 0.0566. The number of carbonyl (C=O) groups excluding carboxylic acids is 1. The van der Waals surface area contributed by atoms with Gasteiger partial charge in [-0.2, -0.15) is 0 Å². The summed E-state index contributed by atoms with van der Waals surface area (Å²) in [6, 6.07) is 10.5. The minimum Gasteiger partial charge on any atom is -0.496 e. The van der Waals surface area contributed by atoms with Gasteiger partial charge in [0.05, 0.1) is 19.6 Å². The van der Waals surface area contributed by atoms with E-state index in [9.17, 15) is 4.79 Å². The molecule has 5 heteroatoms. The van der Waals surface area contributed by atoms with Crippen LogP contribution in [0.15, 0.2) is 42.7 Å². The zero-order chi connectivity index (χ0) is 19.5. The average molecular weight is 380 g/mol. The number of hydrogen-bond donors (Lipinski definition) is 0. The minimum atomic E-state index is 0.0566. The molecule has 0 N–H and O–H groups in total. The Hall–Kier alpha value is -2.40. The standard InChI is InChI=1S/C23H29N3O2/c1-25(22(27)15-17-7-6-12-24-16-17)23-19-8-5-9-21(28-2)18(19)10-11-20(23)26-13-3-4-14-26/h5-9,12,16,20,23H,3-4,10-11,13-15H2,1-2H3/t20-,23-/m0/s1. The lowest BCUT2D eigenvalue weighted by atomic mass is 9.81. The van der Waals surface area contributed by atoms with Crippen LogP contribution in [0.5, 0.6) is 5.75 Å². The SMILES string of the molecule is COc1cccc2c1CC[C@H](N1CCCC1)[C@H]2N(C)C(=O)Cc1cccnc1. The van der Waals surface area contributed by atoms with Gasteiger partial charge in [0.25, 0.3) is 0 Å². The highest BCUT2D eigenvalue weighted by Crippen LogP contribution is 2.41. The smallest absolute Gasteiger partial charge is 0.227 e. The first-order valence-electron chi connectivity index (χ1n) is 10.2. The summed E-state index contributed by atoms with van der Waals surface area (Å²) in [6.07, 6.45) is 8.46. The second-order valence-electron chi connectivity index (χ2n) is 7.86. The van der Waals surface area contributed by atoms with Gasteiger partial charge < -0.3 is 9.64 Å². The molecule has 0 saturated carbocycles. The van der Waals surface area contributed by atoms with Crippen LogP contribution in [0.1, 0.15) is 42.0 Å². The van der Waals surface area contributed by atoms with Crippen molar-refractivity contribution in [1.82, 2.24) is 14.8 Å².